The van der Waals surface area contributed by atoms with Crippen LogP contribution < -0.4 is 0 Å². The molecule has 6 heteroatoms. The predicted molar refractivity (Wildman–Crippen MR) is 82.6 cm³/mol. The van der Waals surface area contributed by atoms with Gasteiger partial charge in [-0.2, -0.15) is 0 Å². The van der Waals surface area contributed by atoms with Crippen LogP contribution in [0.4, 0.5) is 0 Å². The van der Waals surface area contributed by atoms with Crippen molar-refractivity contribution in [3.8, 4) is 0 Å². The minimum Gasteiger partial charge on any atom is -0.480 e. The molecule has 1 N–H and O–H groups in total. The minimum absolute atomic E-state index is 0.0400. The lowest BCUT2D eigenvalue weighted by Crippen LogP contribution is -2.61. The normalized spacial score (nSPS) is 31.5. The first-order valence-corrected chi connectivity index (χ1v) is 8.42. The molecule has 3 rings (SSSR count). The maximum Gasteiger partial charge on any atom is 0.317 e. The zero-order chi connectivity index (χ0) is 15.7. The van der Waals surface area contributed by atoms with Crippen molar-refractivity contribution in [2.75, 3.05) is 46.3 Å². The van der Waals surface area contributed by atoms with Gasteiger partial charge in [0, 0.05) is 44.7 Å². The largest absolute Gasteiger partial charge is 0.480 e. The number of carbonyl (C=O) groups excluding carboxylic acids is 1. The number of amides is 1. The van der Waals surface area contributed by atoms with Crippen molar-refractivity contribution < 1.29 is 14.7 Å². The molecule has 1 spiro atoms. The predicted octanol–water partition coefficient (Wildman–Crippen LogP) is 0.480. The van der Waals surface area contributed by atoms with Crippen molar-refractivity contribution in [3.05, 3.63) is 0 Å². The Balaban J connectivity index is 1.67. The van der Waals surface area contributed by atoms with Crippen molar-refractivity contribution >= 4 is 11.9 Å². The van der Waals surface area contributed by atoms with Crippen molar-refractivity contribution in [2.24, 2.45) is 5.92 Å². The molecule has 0 aromatic heterocycles. The Morgan fingerprint density at radius 3 is 2.73 bits per heavy atom. The molecule has 3 fully saturated rings. The van der Waals surface area contributed by atoms with Gasteiger partial charge in [0.2, 0.25) is 5.91 Å². The van der Waals surface area contributed by atoms with Crippen LogP contribution in [0.25, 0.3) is 0 Å². The van der Waals surface area contributed by atoms with Gasteiger partial charge in [0.15, 0.2) is 0 Å². The van der Waals surface area contributed by atoms with Gasteiger partial charge in [0.25, 0.3) is 0 Å². The van der Waals surface area contributed by atoms with E-state index in [-0.39, 0.29) is 18.0 Å². The number of rotatable bonds is 4. The molecule has 0 aromatic rings. The molecular weight excluding hydrogens is 282 g/mol. The number of nitrogens with zero attached hydrogens (tertiary/aromatic N) is 3. The number of carboxylic acids is 1. The second kappa shape index (κ2) is 6.16. The van der Waals surface area contributed by atoms with Gasteiger partial charge in [0.05, 0.1) is 6.54 Å². The molecule has 124 valence electrons. The molecule has 3 aliphatic rings. The summed E-state index contributed by atoms with van der Waals surface area (Å²) in [7, 11) is 2.12. The van der Waals surface area contributed by atoms with E-state index in [0.29, 0.717) is 6.42 Å². The first kappa shape index (κ1) is 15.7. The van der Waals surface area contributed by atoms with Crippen LogP contribution in [0.3, 0.4) is 0 Å². The molecule has 1 amide bonds. The Bertz CT molecular complexity index is 452. The van der Waals surface area contributed by atoms with Gasteiger partial charge in [-0.1, -0.05) is 0 Å². The molecule has 1 atom stereocenters. The molecule has 2 heterocycles. The molecule has 2 aliphatic heterocycles. The van der Waals surface area contributed by atoms with E-state index in [1.165, 1.54) is 12.8 Å². The van der Waals surface area contributed by atoms with Crippen LogP contribution in [0.5, 0.6) is 0 Å². The number of aliphatic carboxylic acids is 1. The minimum atomic E-state index is -0.764. The van der Waals surface area contributed by atoms with Crippen molar-refractivity contribution in [1.29, 1.82) is 0 Å². The van der Waals surface area contributed by atoms with E-state index in [1.807, 2.05) is 4.90 Å². The molecule has 0 radical (unpaired) electrons. The molecule has 0 aromatic carbocycles. The molecule has 22 heavy (non-hydrogen) atoms. The van der Waals surface area contributed by atoms with Crippen LogP contribution in [0.1, 0.15) is 32.1 Å². The van der Waals surface area contributed by atoms with E-state index < -0.39 is 5.97 Å². The zero-order valence-corrected chi connectivity index (χ0v) is 13.5. The van der Waals surface area contributed by atoms with Gasteiger partial charge >= 0.3 is 5.97 Å². The van der Waals surface area contributed by atoms with Crippen LogP contribution in [-0.2, 0) is 9.59 Å². The first-order valence-electron chi connectivity index (χ1n) is 8.42. The Labute approximate surface area is 132 Å². The monoisotopic (exact) mass is 309 g/mol. The summed E-state index contributed by atoms with van der Waals surface area (Å²) >= 11 is 0. The van der Waals surface area contributed by atoms with Crippen LogP contribution in [-0.4, -0.2) is 83.5 Å². The summed E-state index contributed by atoms with van der Waals surface area (Å²) in [6.07, 6.45) is 4.93. The van der Waals surface area contributed by atoms with E-state index in [4.69, 9.17) is 5.11 Å². The van der Waals surface area contributed by atoms with Crippen LogP contribution in [0.2, 0.25) is 0 Å². The number of piperazine rings is 1. The Morgan fingerprint density at radius 1 is 1.27 bits per heavy atom. The van der Waals surface area contributed by atoms with Crippen LogP contribution >= 0.6 is 0 Å². The molecule has 1 saturated carbocycles. The van der Waals surface area contributed by atoms with Gasteiger partial charge in [-0.05, 0) is 38.6 Å². The fourth-order valence-corrected chi connectivity index (χ4v) is 3.91. The number of likely N-dealkylation sites (tertiary alicyclic amines) is 1. The quantitative estimate of drug-likeness (QED) is 0.818. The van der Waals surface area contributed by atoms with Crippen molar-refractivity contribution in [2.45, 2.75) is 37.6 Å². The Hall–Kier alpha value is -1.14. The lowest BCUT2D eigenvalue weighted by molar-refractivity contribution is -0.140. The van der Waals surface area contributed by atoms with Crippen molar-refractivity contribution in [3.63, 3.8) is 0 Å². The lowest BCUT2D eigenvalue weighted by Gasteiger charge is -2.49. The average molecular weight is 309 g/mol. The highest BCUT2D eigenvalue weighted by Crippen LogP contribution is 2.34. The third-order valence-electron chi connectivity index (χ3n) is 5.62. The molecular formula is C16H27N3O3. The number of likely N-dealkylation sites (N-methyl/N-ethyl adjacent to an activating group) is 1. The summed E-state index contributed by atoms with van der Waals surface area (Å²) in [5, 5.41) is 9.05. The van der Waals surface area contributed by atoms with E-state index in [0.717, 1.165) is 51.5 Å². The molecule has 0 bridgehead atoms. The maximum absolute atomic E-state index is 12.4. The van der Waals surface area contributed by atoms with Crippen LogP contribution in [0, 0.1) is 5.92 Å². The SMILES string of the molecule is CN1CCN(CC(=O)O)CC12CCC(=O)N(CC1CC1)CC2. The van der Waals surface area contributed by atoms with Gasteiger partial charge < -0.3 is 10.0 Å². The summed E-state index contributed by atoms with van der Waals surface area (Å²) in [5.74, 6) is 0.248. The zero-order valence-electron chi connectivity index (χ0n) is 13.5. The molecule has 6 nitrogen and oxygen atoms in total. The Kier molecular flexibility index (Phi) is 4.41. The van der Waals surface area contributed by atoms with E-state index in [9.17, 15) is 9.59 Å². The standard InChI is InChI=1S/C16H27N3O3/c1-17-8-9-18(11-15(21)22)12-16(17)5-4-14(20)19(7-6-16)10-13-2-3-13/h13H,2-12H2,1H3,(H,21,22). The molecule has 1 aliphatic carbocycles. The number of carboxylic acid groups (broad SMARTS) is 1. The van der Waals surface area contributed by atoms with Crippen LogP contribution in [0.15, 0.2) is 0 Å². The third-order valence-corrected chi connectivity index (χ3v) is 5.62. The maximum atomic E-state index is 12.4. The second-order valence-electron chi connectivity index (χ2n) is 7.28. The number of hydrogen-bond donors (Lipinski definition) is 1. The van der Waals surface area contributed by atoms with E-state index >= 15 is 0 Å². The summed E-state index contributed by atoms with van der Waals surface area (Å²) in [6, 6.07) is 0. The second-order valence-corrected chi connectivity index (χ2v) is 7.28. The van der Waals surface area contributed by atoms with Gasteiger partial charge in [0.1, 0.15) is 0 Å². The number of carbonyl (C=O) groups is 2. The highest BCUT2D eigenvalue weighted by molar-refractivity contribution is 5.76. The summed E-state index contributed by atoms with van der Waals surface area (Å²) in [6.45, 7) is 4.29. The summed E-state index contributed by atoms with van der Waals surface area (Å²) in [4.78, 5) is 29.8. The Morgan fingerprint density at radius 2 is 2.05 bits per heavy atom. The fraction of sp³-hybridized carbons (Fsp3) is 0.875. The van der Waals surface area contributed by atoms with Crippen molar-refractivity contribution in [1.82, 2.24) is 14.7 Å². The van der Waals surface area contributed by atoms with E-state index in [1.54, 1.807) is 0 Å². The smallest absolute Gasteiger partial charge is 0.317 e. The lowest BCUT2D eigenvalue weighted by atomic mass is 9.86. The summed E-state index contributed by atoms with van der Waals surface area (Å²) in [5.41, 5.74) is -0.0400. The van der Waals surface area contributed by atoms with E-state index in [2.05, 4.69) is 16.8 Å². The fourth-order valence-electron chi connectivity index (χ4n) is 3.91. The summed E-state index contributed by atoms with van der Waals surface area (Å²) < 4.78 is 0. The number of hydrogen-bond acceptors (Lipinski definition) is 4. The highest BCUT2D eigenvalue weighted by Gasteiger charge is 2.43. The topological polar surface area (TPSA) is 64.1 Å². The van der Waals surface area contributed by atoms with Gasteiger partial charge in [-0.15, -0.1) is 0 Å². The first-order chi connectivity index (χ1) is 10.5. The highest BCUT2D eigenvalue weighted by atomic mass is 16.4. The van der Waals surface area contributed by atoms with Gasteiger partial charge in [-0.25, -0.2) is 0 Å². The molecule has 2 saturated heterocycles. The van der Waals surface area contributed by atoms with Gasteiger partial charge in [-0.3, -0.25) is 19.4 Å². The average Bonchev–Trinajstić information content (AvgIpc) is 3.28. The molecule has 1 unspecified atom stereocenters. The third kappa shape index (κ3) is 3.43.